The number of imidazole rings is 1. The number of benzene rings is 1. The fourth-order valence-corrected chi connectivity index (χ4v) is 2.69. The summed E-state index contributed by atoms with van der Waals surface area (Å²) in [6.45, 7) is 4.21. The van der Waals surface area contributed by atoms with Crippen molar-refractivity contribution in [3.05, 3.63) is 77.9 Å². The van der Waals surface area contributed by atoms with E-state index in [1.807, 2.05) is 37.4 Å². The van der Waals surface area contributed by atoms with Crippen LogP contribution in [0.4, 0.5) is 14.9 Å². The van der Waals surface area contributed by atoms with E-state index in [9.17, 15) is 9.18 Å². The van der Waals surface area contributed by atoms with Crippen molar-refractivity contribution in [3.63, 3.8) is 0 Å². The highest BCUT2D eigenvalue weighted by molar-refractivity contribution is 5.89. The molecule has 2 N–H and O–H groups in total. The largest absolute Gasteiger partial charge is 0.332 e. The van der Waals surface area contributed by atoms with Gasteiger partial charge in [0.1, 0.15) is 11.6 Å². The van der Waals surface area contributed by atoms with E-state index < -0.39 is 0 Å². The zero-order valence-electron chi connectivity index (χ0n) is 14.6. The summed E-state index contributed by atoms with van der Waals surface area (Å²) in [6, 6.07) is 9.95. The van der Waals surface area contributed by atoms with Crippen LogP contribution in [0.15, 0.2) is 55.0 Å². The van der Waals surface area contributed by atoms with Crippen molar-refractivity contribution in [1.82, 2.24) is 19.9 Å². The Kier molecular flexibility index (Phi) is 5.26. The summed E-state index contributed by atoms with van der Waals surface area (Å²) >= 11 is 0. The van der Waals surface area contributed by atoms with Gasteiger partial charge in [-0.1, -0.05) is 12.1 Å². The number of urea groups is 1. The third-order valence-corrected chi connectivity index (χ3v) is 4.14. The summed E-state index contributed by atoms with van der Waals surface area (Å²) < 4.78 is 15.2. The standard InChI is InChI=1S/C19H20FN5O/c1-13(25-10-9-21-14(25)2)15-3-5-17(6-4-15)24-19(26)23-12-18-11-16(20)7-8-22-18/h3-11,13H,12H2,1-2H3,(H2,23,24,26)/t13-/m1/s1. The van der Waals surface area contributed by atoms with Crippen molar-refractivity contribution < 1.29 is 9.18 Å². The van der Waals surface area contributed by atoms with E-state index in [1.54, 1.807) is 6.20 Å². The molecule has 1 atom stereocenters. The zero-order chi connectivity index (χ0) is 18.5. The van der Waals surface area contributed by atoms with Gasteiger partial charge in [-0.3, -0.25) is 4.98 Å². The van der Waals surface area contributed by atoms with Crippen LogP contribution in [0.5, 0.6) is 0 Å². The van der Waals surface area contributed by atoms with Gasteiger partial charge in [-0.05, 0) is 43.7 Å². The van der Waals surface area contributed by atoms with Gasteiger partial charge < -0.3 is 15.2 Å². The van der Waals surface area contributed by atoms with Gasteiger partial charge in [0, 0.05) is 24.3 Å². The van der Waals surface area contributed by atoms with Crippen LogP contribution >= 0.6 is 0 Å². The smallest absolute Gasteiger partial charge is 0.319 e. The second-order valence-corrected chi connectivity index (χ2v) is 5.95. The Morgan fingerprint density at radius 1 is 1.19 bits per heavy atom. The molecule has 7 heteroatoms. The molecule has 0 aliphatic heterocycles. The first-order valence-electron chi connectivity index (χ1n) is 8.27. The number of hydrogen-bond acceptors (Lipinski definition) is 3. The number of hydrogen-bond donors (Lipinski definition) is 2. The van der Waals surface area contributed by atoms with E-state index >= 15 is 0 Å². The second kappa shape index (κ2) is 7.77. The lowest BCUT2D eigenvalue weighted by atomic mass is 10.1. The molecule has 0 saturated carbocycles. The molecule has 2 heterocycles. The molecule has 0 fully saturated rings. The number of nitrogens with one attached hydrogen (secondary N) is 2. The average molecular weight is 353 g/mol. The minimum absolute atomic E-state index is 0.151. The summed E-state index contributed by atoms with van der Waals surface area (Å²) in [5.41, 5.74) is 2.24. The normalized spacial score (nSPS) is 11.8. The van der Waals surface area contributed by atoms with Crippen LogP contribution in [0.2, 0.25) is 0 Å². The topological polar surface area (TPSA) is 71.8 Å². The number of aromatic nitrogens is 3. The number of rotatable bonds is 5. The number of carbonyl (C=O) groups is 1. The second-order valence-electron chi connectivity index (χ2n) is 5.95. The molecule has 6 nitrogen and oxygen atoms in total. The van der Waals surface area contributed by atoms with Gasteiger partial charge in [0.25, 0.3) is 0 Å². The molecule has 0 aliphatic rings. The predicted molar refractivity (Wildman–Crippen MR) is 97.3 cm³/mol. The lowest BCUT2D eigenvalue weighted by Gasteiger charge is -2.16. The molecule has 2 aromatic heterocycles. The fraction of sp³-hybridized carbons (Fsp3) is 0.211. The Balaban J connectivity index is 1.57. The van der Waals surface area contributed by atoms with Crippen LogP contribution < -0.4 is 10.6 Å². The number of nitrogens with zero attached hydrogens (tertiary/aromatic N) is 3. The molecule has 0 bridgehead atoms. The predicted octanol–water partition coefficient (Wildman–Crippen LogP) is 3.66. The molecular weight excluding hydrogens is 333 g/mol. The van der Waals surface area contributed by atoms with Crippen molar-refractivity contribution in [3.8, 4) is 0 Å². The van der Waals surface area contributed by atoms with Crippen LogP contribution in [0, 0.1) is 12.7 Å². The highest BCUT2D eigenvalue weighted by atomic mass is 19.1. The minimum atomic E-state index is -0.380. The van der Waals surface area contributed by atoms with E-state index in [0.717, 1.165) is 11.4 Å². The lowest BCUT2D eigenvalue weighted by molar-refractivity contribution is 0.251. The first kappa shape index (κ1) is 17.6. The fourth-order valence-electron chi connectivity index (χ4n) is 2.69. The number of carbonyl (C=O) groups excluding carboxylic acids is 1. The van der Waals surface area contributed by atoms with Gasteiger partial charge in [0.05, 0.1) is 18.3 Å². The SMILES string of the molecule is Cc1nccn1[C@H](C)c1ccc(NC(=O)NCc2cc(F)ccn2)cc1. The summed E-state index contributed by atoms with van der Waals surface area (Å²) in [5.74, 6) is 0.570. The van der Waals surface area contributed by atoms with Crippen molar-refractivity contribution in [1.29, 1.82) is 0 Å². The number of pyridine rings is 1. The Hall–Kier alpha value is -3.22. The Bertz CT molecular complexity index is 891. The van der Waals surface area contributed by atoms with Crippen LogP contribution in [0.3, 0.4) is 0 Å². The van der Waals surface area contributed by atoms with Crippen LogP contribution in [0.25, 0.3) is 0 Å². The third-order valence-electron chi connectivity index (χ3n) is 4.14. The van der Waals surface area contributed by atoms with Crippen molar-refractivity contribution in [2.24, 2.45) is 0 Å². The van der Waals surface area contributed by atoms with Gasteiger partial charge >= 0.3 is 6.03 Å². The van der Waals surface area contributed by atoms with Gasteiger partial charge in [-0.15, -0.1) is 0 Å². The number of aryl methyl sites for hydroxylation is 1. The molecule has 0 radical (unpaired) electrons. The molecule has 3 rings (SSSR count). The summed E-state index contributed by atoms with van der Waals surface area (Å²) in [6.07, 6.45) is 5.09. The number of amides is 2. The highest BCUT2D eigenvalue weighted by Gasteiger charge is 2.10. The van der Waals surface area contributed by atoms with Gasteiger partial charge in [-0.2, -0.15) is 0 Å². The molecule has 3 aromatic rings. The zero-order valence-corrected chi connectivity index (χ0v) is 14.6. The van der Waals surface area contributed by atoms with Gasteiger partial charge in [0.2, 0.25) is 0 Å². The minimum Gasteiger partial charge on any atom is -0.332 e. The van der Waals surface area contributed by atoms with Crippen molar-refractivity contribution >= 4 is 11.7 Å². The maximum absolute atomic E-state index is 13.1. The molecule has 0 spiro atoms. The quantitative estimate of drug-likeness (QED) is 0.735. The molecular formula is C19H20FN5O. The third kappa shape index (κ3) is 4.24. The Morgan fingerprint density at radius 3 is 2.62 bits per heavy atom. The van der Waals surface area contributed by atoms with E-state index in [1.165, 1.54) is 18.3 Å². The Labute approximate surface area is 151 Å². The lowest BCUT2D eigenvalue weighted by Crippen LogP contribution is -2.28. The summed E-state index contributed by atoms with van der Waals surface area (Å²) in [4.78, 5) is 20.2. The first-order chi connectivity index (χ1) is 12.5. The van der Waals surface area contributed by atoms with E-state index in [2.05, 4.69) is 32.1 Å². The van der Waals surface area contributed by atoms with Crippen molar-refractivity contribution in [2.45, 2.75) is 26.4 Å². The van der Waals surface area contributed by atoms with Crippen LogP contribution in [-0.2, 0) is 6.54 Å². The van der Waals surface area contributed by atoms with Gasteiger partial charge in [-0.25, -0.2) is 14.2 Å². The van der Waals surface area contributed by atoms with E-state index in [4.69, 9.17) is 0 Å². The molecule has 1 aromatic carbocycles. The molecule has 0 aliphatic carbocycles. The highest BCUT2D eigenvalue weighted by Crippen LogP contribution is 2.21. The van der Waals surface area contributed by atoms with Gasteiger partial charge in [0.15, 0.2) is 0 Å². The Morgan fingerprint density at radius 2 is 1.96 bits per heavy atom. The summed E-state index contributed by atoms with van der Waals surface area (Å²) in [7, 11) is 0. The number of halogens is 1. The van der Waals surface area contributed by atoms with E-state index in [0.29, 0.717) is 11.4 Å². The van der Waals surface area contributed by atoms with Crippen molar-refractivity contribution in [2.75, 3.05) is 5.32 Å². The first-order valence-corrected chi connectivity index (χ1v) is 8.27. The maximum atomic E-state index is 13.1. The van der Waals surface area contributed by atoms with Crippen LogP contribution in [-0.4, -0.2) is 20.6 Å². The molecule has 2 amide bonds. The summed E-state index contributed by atoms with van der Waals surface area (Å²) in [5, 5.41) is 5.40. The molecule has 0 saturated heterocycles. The maximum Gasteiger partial charge on any atom is 0.319 e. The number of anilines is 1. The average Bonchev–Trinajstić information content (AvgIpc) is 3.06. The monoisotopic (exact) mass is 353 g/mol. The molecule has 26 heavy (non-hydrogen) atoms. The molecule has 0 unspecified atom stereocenters. The van der Waals surface area contributed by atoms with Crippen LogP contribution in [0.1, 0.15) is 30.0 Å². The van der Waals surface area contributed by atoms with E-state index in [-0.39, 0.29) is 24.4 Å². The molecule has 134 valence electrons.